The lowest BCUT2D eigenvalue weighted by Gasteiger charge is -2.03. The van der Waals surface area contributed by atoms with Crippen LogP contribution < -0.4 is 5.32 Å². The lowest BCUT2D eigenvalue weighted by atomic mass is 10.2. The molecule has 1 aromatic carbocycles. The van der Waals surface area contributed by atoms with E-state index in [4.69, 9.17) is 11.6 Å². The summed E-state index contributed by atoms with van der Waals surface area (Å²) >= 11 is 5.51. The number of nitrogens with one attached hydrogen (secondary N) is 1. The van der Waals surface area contributed by atoms with E-state index in [-0.39, 0.29) is 0 Å². The molecule has 0 spiro atoms. The molecule has 0 atom stereocenters. The van der Waals surface area contributed by atoms with Crippen molar-refractivity contribution in [1.82, 2.24) is 5.32 Å². The van der Waals surface area contributed by atoms with E-state index < -0.39 is 9.84 Å². The minimum absolute atomic E-state index is 0.351. The van der Waals surface area contributed by atoms with E-state index in [2.05, 4.69) is 5.32 Å². The second-order valence-corrected chi connectivity index (χ2v) is 5.68. The van der Waals surface area contributed by atoms with E-state index in [9.17, 15) is 8.42 Å². The van der Waals surface area contributed by atoms with Crippen LogP contribution in [0.15, 0.2) is 29.2 Å². The molecule has 0 bridgehead atoms. The third-order valence-electron chi connectivity index (χ3n) is 1.95. The highest BCUT2D eigenvalue weighted by molar-refractivity contribution is 7.90. The molecule has 84 valence electrons. The Labute approximate surface area is 95.4 Å². The Morgan fingerprint density at radius 2 is 1.87 bits per heavy atom. The number of benzene rings is 1. The van der Waals surface area contributed by atoms with Gasteiger partial charge in [0.15, 0.2) is 9.84 Å². The summed E-state index contributed by atoms with van der Waals surface area (Å²) in [6.45, 7) is 1.45. The van der Waals surface area contributed by atoms with Crippen molar-refractivity contribution in [1.29, 1.82) is 0 Å². The molecule has 0 aliphatic rings. The molecule has 0 saturated heterocycles. The maximum atomic E-state index is 11.2. The molecule has 1 N–H and O–H groups in total. The molecule has 0 fully saturated rings. The fraction of sp³-hybridized carbons (Fsp3) is 0.400. The molecule has 0 saturated carbocycles. The zero-order valence-electron chi connectivity index (χ0n) is 8.53. The van der Waals surface area contributed by atoms with E-state index >= 15 is 0 Å². The van der Waals surface area contributed by atoms with Gasteiger partial charge in [-0.05, 0) is 17.7 Å². The molecule has 0 heterocycles. The van der Waals surface area contributed by atoms with Crippen LogP contribution in [0.25, 0.3) is 0 Å². The van der Waals surface area contributed by atoms with E-state index in [1.165, 1.54) is 6.26 Å². The maximum absolute atomic E-state index is 11.2. The molecular formula is C10H14ClNO2S. The highest BCUT2D eigenvalue weighted by atomic mass is 35.5. The normalized spacial score (nSPS) is 11.6. The molecule has 1 aromatic rings. The molecule has 1 rings (SSSR count). The van der Waals surface area contributed by atoms with Gasteiger partial charge in [-0.1, -0.05) is 12.1 Å². The van der Waals surface area contributed by atoms with Crippen LogP contribution in [0.4, 0.5) is 0 Å². The van der Waals surface area contributed by atoms with Crippen molar-refractivity contribution < 1.29 is 8.42 Å². The second kappa shape index (κ2) is 5.49. The standard InChI is InChI=1S/C10H14ClNO2S/c1-15(13,14)10-4-2-9(3-5-10)8-12-7-6-11/h2-5,12H,6-8H2,1H3. The molecule has 0 amide bonds. The Morgan fingerprint density at radius 3 is 2.33 bits per heavy atom. The average Bonchev–Trinajstić information content (AvgIpc) is 2.18. The van der Waals surface area contributed by atoms with Gasteiger partial charge in [-0.15, -0.1) is 11.6 Å². The summed E-state index contributed by atoms with van der Waals surface area (Å²) in [5.74, 6) is 0.571. The topological polar surface area (TPSA) is 46.2 Å². The highest BCUT2D eigenvalue weighted by Crippen LogP contribution is 2.09. The minimum atomic E-state index is -3.09. The van der Waals surface area contributed by atoms with Gasteiger partial charge in [0.2, 0.25) is 0 Å². The Hall–Kier alpha value is -0.580. The quantitative estimate of drug-likeness (QED) is 0.632. The van der Waals surface area contributed by atoms with Crippen molar-refractivity contribution in [3.8, 4) is 0 Å². The summed E-state index contributed by atoms with van der Waals surface area (Å²) in [5, 5.41) is 3.13. The fourth-order valence-corrected chi connectivity index (χ4v) is 1.92. The molecular weight excluding hydrogens is 234 g/mol. The van der Waals surface area contributed by atoms with Crippen LogP contribution in [0.5, 0.6) is 0 Å². The number of rotatable bonds is 5. The molecule has 0 radical (unpaired) electrons. The number of sulfone groups is 1. The Balaban J connectivity index is 2.65. The Morgan fingerprint density at radius 1 is 1.27 bits per heavy atom. The van der Waals surface area contributed by atoms with Gasteiger partial charge in [-0.2, -0.15) is 0 Å². The Kier molecular flexibility index (Phi) is 4.57. The van der Waals surface area contributed by atoms with Crippen molar-refractivity contribution in [3.05, 3.63) is 29.8 Å². The molecule has 0 aliphatic heterocycles. The predicted octanol–water partition coefficient (Wildman–Crippen LogP) is 1.42. The smallest absolute Gasteiger partial charge is 0.175 e. The van der Waals surface area contributed by atoms with Gasteiger partial charge in [-0.25, -0.2) is 8.42 Å². The van der Waals surface area contributed by atoms with Crippen LogP contribution in [-0.4, -0.2) is 27.1 Å². The van der Waals surface area contributed by atoms with Gasteiger partial charge in [0, 0.05) is 25.2 Å². The molecule has 15 heavy (non-hydrogen) atoms. The van der Waals surface area contributed by atoms with Crippen LogP contribution in [-0.2, 0) is 16.4 Å². The maximum Gasteiger partial charge on any atom is 0.175 e. The summed E-state index contributed by atoms with van der Waals surface area (Å²) in [6.07, 6.45) is 1.20. The fourth-order valence-electron chi connectivity index (χ4n) is 1.15. The van der Waals surface area contributed by atoms with Crippen LogP contribution >= 0.6 is 11.6 Å². The van der Waals surface area contributed by atoms with Gasteiger partial charge < -0.3 is 5.32 Å². The van der Waals surface area contributed by atoms with Crippen molar-refractivity contribution in [3.63, 3.8) is 0 Å². The lowest BCUT2D eigenvalue weighted by molar-refractivity contribution is 0.602. The van der Waals surface area contributed by atoms with Crippen LogP contribution in [0.2, 0.25) is 0 Å². The number of halogens is 1. The van der Waals surface area contributed by atoms with Crippen LogP contribution in [0.3, 0.4) is 0 Å². The van der Waals surface area contributed by atoms with Gasteiger partial charge in [0.25, 0.3) is 0 Å². The molecule has 5 heteroatoms. The second-order valence-electron chi connectivity index (χ2n) is 3.28. The third kappa shape index (κ3) is 4.20. The number of alkyl halides is 1. The number of hydrogen-bond acceptors (Lipinski definition) is 3. The van der Waals surface area contributed by atoms with Gasteiger partial charge in [-0.3, -0.25) is 0 Å². The van der Waals surface area contributed by atoms with E-state index in [1.54, 1.807) is 24.3 Å². The predicted molar refractivity (Wildman–Crippen MR) is 62.0 cm³/mol. The first kappa shape index (κ1) is 12.5. The zero-order chi connectivity index (χ0) is 11.3. The van der Waals surface area contributed by atoms with E-state index in [0.29, 0.717) is 17.3 Å². The largest absolute Gasteiger partial charge is 0.311 e. The van der Waals surface area contributed by atoms with Crippen molar-refractivity contribution in [2.45, 2.75) is 11.4 Å². The summed E-state index contributed by atoms with van der Waals surface area (Å²) in [5.41, 5.74) is 1.05. The molecule has 0 aliphatic carbocycles. The number of hydrogen-bond donors (Lipinski definition) is 1. The lowest BCUT2D eigenvalue weighted by Crippen LogP contribution is -2.15. The SMILES string of the molecule is CS(=O)(=O)c1ccc(CNCCCl)cc1. The van der Waals surface area contributed by atoms with Gasteiger partial charge >= 0.3 is 0 Å². The summed E-state index contributed by atoms with van der Waals surface area (Å²) in [6, 6.07) is 6.84. The first-order chi connectivity index (χ1) is 7.04. The van der Waals surface area contributed by atoms with Crippen molar-refractivity contribution >= 4 is 21.4 Å². The van der Waals surface area contributed by atoms with Crippen molar-refractivity contribution in [2.24, 2.45) is 0 Å². The molecule has 0 aromatic heterocycles. The average molecular weight is 248 g/mol. The van der Waals surface area contributed by atoms with Gasteiger partial charge in [0.1, 0.15) is 0 Å². The highest BCUT2D eigenvalue weighted by Gasteiger charge is 2.05. The van der Waals surface area contributed by atoms with E-state index in [1.807, 2.05) is 0 Å². The monoisotopic (exact) mass is 247 g/mol. The zero-order valence-corrected chi connectivity index (χ0v) is 10.1. The van der Waals surface area contributed by atoms with Gasteiger partial charge in [0.05, 0.1) is 4.90 Å². The summed E-state index contributed by atoms with van der Waals surface area (Å²) in [7, 11) is -3.09. The summed E-state index contributed by atoms with van der Waals surface area (Å²) < 4.78 is 22.3. The first-order valence-corrected chi connectivity index (χ1v) is 7.02. The summed E-state index contributed by atoms with van der Waals surface area (Å²) in [4.78, 5) is 0.351. The first-order valence-electron chi connectivity index (χ1n) is 4.59. The molecule has 3 nitrogen and oxygen atoms in total. The van der Waals surface area contributed by atoms with Crippen LogP contribution in [0.1, 0.15) is 5.56 Å². The van der Waals surface area contributed by atoms with E-state index in [0.717, 1.165) is 12.1 Å². The molecule has 0 unspecified atom stereocenters. The Bertz CT molecular complexity index is 400. The minimum Gasteiger partial charge on any atom is -0.311 e. The third-order valence-corrected chi connectivity index (χ3v) is 3.27. The van der Waals surface area contributed by atoms with Crippen LogP contribution in [0, 0.1) is 0 Å². The van der Waals surface area contributed by atoms with Crippen molar-refractivity contribution in [2.75, 3.05) is 18.7 Å².